The van der Waals surface area contributed by atoms with E-state index in [4.69, 9.17) is 56.8 Å². The van der Waals surface area contributed by atoms with E-state index in [0.29, 0.717) is 0 Å². The van der Waals surface area contributed by atoms with E-state index in [1.165, 1.54) is 21.0 Å². The average molecular weight is 867 g/mol. The molecule has 0 aliphatic carbocycles. The van der Waals surface area contributed by atoms with Crippen LogP contribution in [0, 0.1) is 0 Å². The van der Waals surface area contributed by atoms with E-state index in [-0.39, 0.29) is 19.8 Å². The molecule has 62 heavy (non-hydrogen) atoms. The maximum absolute atomic E-state index is 12.6. The smallest absolute Gasteiger partial charge is 0.303 e. The molecule has 0 saturated carbocycles. The van der Waals surface area contributed by atoms with Crippen LogP contribution >= 0.6 is 0 Å². The Bertz CT molecular complexity index is 1850. The Labute approximate surface area is 361 Å². The van der Waals surface area contributed by atoms with Gasteiger partial charge in [-0.05, 0) is 37.5 Å². The molecule has 0 bridgehead atoms. The highest BCUT2D eigenvalue weighted by Gasteiger charge is 2.56. The van der Waals surface area contributed by atoms with Gasteiger partial charge in [-0.2, -0.15) is 0 Å². The zero-order valence-electron chi connectivity index (χ0n) is 36.0. The van der Waals surface area contributed by atoms with Crippen LogP contribution in [0.2, 0.25) is 0 Å². The lowest BCUT2D eigenvalue weighted by Gasteiger charge is -2.50. The molecule has 16 heteroatoms. The molecule has 3 aliphatic rings. The summed E-state index contributed by atoms with van der Waals surface area (Å²) in [5.74, 6) is -2.17. The van der Waals surface area contributed by atoms with Crippen molar-refractivity contribution in [2.24, 2.45) is 0 Å². The van der Waals surface area contributed by atoms with Crippen LogP contribution in [0.4, 0.5) is 0 Å². The van der Waals surface area contributed by atoms with Crippen LogP contribution in [-0.2, 0) is 91.0 Å². The van der Waals surface area contributed by atoms with Gasteiger partial charge in [0.1, 0.15) is 36.6 Å². The summed E-state index contributed by atoms with van der Waals surface area (Å²) in [6.45, 7) is 9.19. The summed E-state index contributed by atoms with van der Waals surface area (Å²) < 4.78 is 74.7. The van der Waals surface area contributed by atoms with Crippen molar-refractivity contribution in [3.05, 3.63) is 108 Å². The summed E-state index contributed by atoms with van der Waals surface area (Å²) in [7, 11) is 1.50. The number of benzene rings is 3. The third-order valence-corrected chi connectivity index (χ3v) is 10.8. The summed E-state index contributed by atoms with van der Waals surface area (Å²) in [6.07, 6.45) is -16.6. The zero-order valence-corrected chi connectivity index (χ0v) is 36.0. The maximum atomic E-state index is 12.6. The van der Waals surface area contributed by atoms with E-state index in [1.54, 1.807) is 13.8 Å². The molecule has 0 aromatic heterocycles. The molecule has 3 aromatic carbocycles. The van der Waals surface area contributed by atoms with E-state index >= 15 is 0 Å². The molecule has 3 saturated heterocycles. The van der Waals surface area contributed by atoms with Crippen molar-refractivity contribution in [3.8, 4) is 0 Å². The molecule has 0 spiro atoms. The molecule has 16 nitrogen and oxygen atoms in total. The highest BCUT2D eigenvalue weighted by atomic mass is 16.8. The molecule has 0 unspecified atom stereocenters. The van der Waals surface area contributed by atoms with Gasteiger partial charge in [0.15, 0.2) is 37.2 Å². The Balaban J connectivity index is 1.34. The van der Waals surface area contributed by atoms with Gasteiger partial charge >= 0.3 is 17.9 Å². The van der Waals surface area contributed by atoms with E-state index in [9.17, 15) is 19.5 Å². The van der Waals surface area contributed by atoms with Gasteiger partial charge in [0, 0.05) is 27.9 Å². The summed E-state index contributed by atoms with van der Waals surface area (Å²) in [4.78, 5) is 37.2. The highest BCUT2D eigenvalue weighted by Crippen LogP contribution is 2.37. The quantitative estimate of drug-likeness (QED) is 0.147. The zero-order chi connectivity index (χ0) is 44.3. The van der Waals surface area contributed by atoms with Crippen molar-refractivity contribution >= 4 is 17.9 Å². The Morgan fingerprint density at radius 1 is 0.468 bits per heavy atom. The normalized spacial score (nSPS) is 33.6. The second kappa shape index (κ2) is 22.3. The largest absolute Gasteiger partial charge is 0.456 e. The van der Waals surface area contributed by atoms with Gasteiger partial charge in [-0.15, -0.1) is 0 Å². The first-order chi connectivity index (χ1) is 29.8. The Morgan fingerprint density at radius 3 is 1.31 bits per heavy atom. The van der Waals surface area contributed by atoms with Gasteiger partial charge in [-0.3, -0.25) is 14.4 Å². The number of aliphatic hydroxyl groups excluding tert-OH is 1. The number of carbonyl (C=O) groups is 3. The first-order valence-electron chi connectivity index (χ1n) is 20.8. The number of rotatable bonds is 17. The van der Waals surface area contributed by atoms with Crippen LogP contribution < -0.4 is 0 Å². The standard InChI is InChI=1S/C46H58O16/c1-26-36(52-23-32-17-11-8-12-18-32)39(61-46-43(60-31(6)49)41(59-30(5)48)38(28(3)57-46)58-29(4)47)35(50)44(55-26)62-40-37(53-24-33-19-13-9-14-20-33)27(2)56-45(51-7)42(40)54-25-34-21-15-10-16-22-34/h8-22,26-28,35-46,50H,23-25H2,1-7H3/t26-,27-,28-,35+,36-,37-,38-,39-,40+,41+,42+,43+,44-,45+,46-/m0/s1. The molecule has 6 rings (SSSR count). The Morgan fingerprint density at radius 2 is 0.839 bits per heavy atom. The molecule has 3 aliphatic heterocycles. The summed E-state index contributed by atoms with van der Waals surface area (Å²) in [5, 5.41) is 12.5. The number of esters is 3. The second-order valence-corrected chi connectivity index (χ2v) is 15.6. The van der Waals surface area contributed by atoms with Crippen molar-refractivity contribution in [3.63, 3.8) is 0 Å². The molecule has 0 radical (unpaired) electrons. The monoisotopic (exact) mass is 866 g/mol. The molecular formula is C46H58O16. The van der Waals surface area contributed by atoms with Gasteiger partial charge in [-0.25, -0.2) is 0 Å². The van der Waals surface area contributed by atoms with Gasteiger partial charge < -0.3 is 61.9 Å². The number of hydrogen-bond acceptors (Lipinski definition) is 16. The summed E-state index contributed by atoms with van der Waals surface area (Å²) >= 11 is 0. The number of hydrogen-bond donors (Lipinski definition) is 1. The molecule has 338 valence electrons. The highest BCUT2D eigenvalue weighted by molar-refractivity contribution is 5.68. The molecule has 3 fully saturated rings. The fourth-order valence-electron chi connectivity index (χ4n) is 7.90. The van der Waals surface area contributed by atoms with E-state index in [1.807, 2.05) is 97.9 Å². The molecule has 3 aromatic rings. The number of methoxy groups -OCH3 is 1. The van der Waals surface area contributed by atoms with E-state index < -0.39 is 110 Å². The molecule has 1 N–H and O–H groups in total. The first-order valence-corrected chi connectivity index (χ1v) is 20.8. The number of ether oxygens (including phenoxy) is 12. The lowest BCUT2D eigenvalue weighted by molar-refractivity contribution is -0.382. The van der Waals surface area contributed by atoms with E-state index in [0.717, 1.165) is 23.6 Å². The van der Waals surface area contributed by atoms with Crippen molar-refractivity contribution in [2.75, 3.05) is 7.11 Å². The summed E-state index contributed by atoms with van der Waals surface area (Å²) in [6, 6.07) is 28.6. The third-order valence-electron chi connectivity index (χ3n) is 10.8. The van der Waals surface area contributed by atoms with Crippen LogP contribution in [0.5, 0.6) is 0 Å². The topological polar surface area (TPSA) is 182 Å². The van der Waals surface area contributed by atoms with Crippen LogP contribution in [0.15, 0.2) is 91.0 Å². The van der Waals surface area contributed by atoms with Crippen LogP contribution in [0.3, 0.4) is 0 Å². The predicted molar refractivity (Wildman–Crippen MR) is 217 cm³/mol. The minimum absolute atomic E-state index is 0.106. The van der Waals surface area contributed by atoms with Crippen molar-refractivity contribution in [2.45, 2.75) is 153 Å². The van der Waals surface area contributed by atoms with Crippen molar-refractivity contribution in [1.29, 1.82) is 0 Å². The second-order valence-electron chi connectivity index (χ2n) is 15.6. The van der Waals surface area contributed by atoms with E-state index in [2.05, 4.69) is 0 Å². The molecule has 15 atom stereocenters. The van der Waals surface area contributed by atoms with Gasteiger partial charge in [0.25, 0.3) is 0 Å². The van der Waals surface area contributed by atoms with Crippen LogP contribution in [0.25, 0.3) is 0 Å². The lowest BCUT2D eigenvalue weighted by atomic mass is 9.95. The summed E-state index contributed by atoms with van der Waals surface area (Å²) in [5.41, 5.74) is 2.64. The molecular weight excluding hydrogens is 808 g/mol. The van der Waals surface area contributed by atoms with Crippen LogP contribution in [0.1, 0.15) is 58.2 Å². The van der Waals surface area contributed by atoms with Crippen molar-refractivity contribution < 1.29 is 76.3 Å². The Hall–Kier alpha value is -4.33. The molecule has 3 heterocycles. The number of aliphatic hydroxyl groups is 1. The number of carbonyl (C=O) groups excluding carboxylic acids is 3. The first kappa shape index (κ1) is 47.2. The maximum Gasteiger partial charge on any atom is 0.303 e. The third kappa shape index (κ3) is 12.2. The van der Waals surface area contributed by atoms with Gasteiger partial charge in [0.05, 0.1) is 38.1 Å². The average Bonchev–Trinajstić information content (AvgIpc) is 3.24. The Kier molecular flexibility index (Phi) is 17.0. The van der Waals surface area contributed by atoms with Crippen molar-refractivity contribution in [1.82, 2.24) is 0 Å². The lowest BCUT2D eigenvalue weighted by Crippen LogP contribution is -2.67. The fourth-order valence-corrected chi connectivity index (χ4v) is 7.90. The molecule has 0 amide bonds. The SMILES string of the molecule is CO[C@@H]1O[C@@H](C)[C@H](OCc2ccccc2)[C@@H](O[C@@H]2O[C@@H](C)[C@H](OCc3ccccc3)[C@@H](O[C@@H]3O[C@@H](C)[C@H](OC(C)=O)[C@@H](OC(C)=O)[C@H]3OC(C)=O)[C@H]2O)[C@H]1OCc1ccccc1. The fraction of sp³-hybridized carbons (Fsp3) is 0.543. The minimum atomic E-state index is -1.61. The van der Waals surface area contributed by atoms with Gasteiger partial charge in [0.2, 0.25) is 0 Å². The van der Waals surface area contributed by atoms with Crippen LogP contribution in [-0.4, -0.2) is 122 Å². The predicted octanol–water partition coefficient (Wildman–Crippen LogP) is 4.55. The van der Waals surface area contributed by atoms with Gasteiger partial charge in [-0.1, -0.05) is 91.0 Å². The minimum Gasteiger partial charge on any atom is -0.456 e.